The van der Waals surface area contributed by atoms with E-state index in [0.717, 1.165) is 17.6 Å². The first kappa shape index (κ1) is 14.7. The lowest BCUT2D eigenvalue weighted by molar-refractivity contribution is 0.216. The second-order valence-electron chi connectivity index (χ2n) is 4.99. The van der Waals surface area contributed by atoms with Crippen molar-refractivity contribution in [3.63, 3.8) is 0 Å². The van der Waals surface area contributed by atoms with Crippen molar-refractivity contribution in [3.8, 4) is 0 Å². The van der Waals surface area contributed by atoms with Gasteiger partial charge in [-0.3, -0.25) is 0 Å². The predicted octanol–water partition coefficient (Wildman–Crippen LogP) is 4.80. The standard InChI is InChI=1S/C17H24O/c1-6-13(4)14(5)16(12(2)3)17(18)15-10-8-7-9-11-15/h7-11,17-18H,6H2,1-5H3/b14-13+. The van der Waals surface area contributed by atoms with Gasteiger partial charge in [-0.05, 0) is 50.8 Å². The van der Waals surface area contributed by atoms with E-state index in [-0.39, 0.29) is 0 Å². The van der Waals surface area contributed by atoms with Gasteiger partial charge in [0.25, 0.3) is 0 Å². The summed E-state index contributed by atoms with van der Waals surface area (Å²) < 4.78 is 0. The average molecular weight is 244 g/mol. The topological polar surface area (TPSA) is 20.2 Å². The van der Waals surface area contributed by atoms with E-state index in [9.17, 15) is 5.11 Å². The SMILES string of the molecule is CC/C(C)=C(\C)C(=C(C)C)C(O)c1ccccc1. The lowest BCUT2D eigenvalue weighted by atomic mass is 9.89. The Morgan fingerprint density at radius 2 is 1.61 bits per heavy atom. The number of benzene rings is 1. The minimum atomic E-state index is -0.530. The summed E-state index contributed by atoms with van der Waals surface area (Å²) in [7, 11) is 0. The largest absolute Gasteiger partial charge is 0.384 e. The quantitative estimate of drug-likeness (QED) is 0.754. The fraction of sp³-hybridized carbons (Fsp3) is 0.412. The summed E-state index contributed by atoms with van der Waals surface area (Å²) in [6, 6.07) is 9.85. The van der Waals surface area contributed by atoms with E-state index in [4.69, 9.17) is 0 Å². The van der Waals surface area contributed by atoms with Crippen molar-refractivity contribution < 1.29 is 5.11 Å². The fourth-order valence-corrected chi connectivity index (χ4v) is 2.15. The Kier molecular flexibility index (Phi) is 5.36. The molecule has 0 amide bonds. The van der Waals surface area contributed by atoms with Crippen LogP contribution in [0.2, 0.25) is 0 Å². The summed E-state index contributed by atoms with van der Waals surface area (Å²) in [5.74, 6) is 0. The predicted molar refractivity (Wildman–Crippen MR) is 78.4 cm³/mol. The molecule has 1 aromatic carbocycles. The van der Waals surface area contributed by atoms with Gasteiger partial charge in [0.05, 0.1) is 0 Å². The molecule has 0 aliphatic carbocycles. The lowest BCUT2D eigenvalue weighted by Crippen LogP contribution is -2.06. The van der Waals surface area contributed by atoms with Crippen molar-refractivity contribution in [1.82, 2.24) is 0 Å². The first-order valence-corrected chi connectivity index (χ1v) is 6.56. The summed E-state index contributed by atoms with van der Waals surface area (Å²) in [4.78, 5) is 0. The molecular formula is C17H24O. The molecule has 1 rings (SSSR count). The molecule has 0 aromatic heterocycles. The Bertz CT molecular complexity index is 448. The van der Waals surface area contributed by atoms with E-state index in [1.807, 2.05) is 30.3 Å². The zero-order valence-corrected chi connectivity index (χ0v) is 12.1. The van der Waals surface area contributed by atoms with Crippen LogP contribution in [0, 0.1) is 0 Å². The molecule has 0 fully saturated rings. The minimum Gasteiger partial charge on any atom is -0.384 e. The molecule has 18 heavy (non-hydrogen) atoms. The van der Waals surface area contributed by atoms with Crippen LogP contribution in [0.3, 0.4) is 0 Å². The second kappa shape index (κ2) is 6.55. The van der Waals surface area contributed by atoms with Crippen LogP contribution in [0.1, 0.15) is 52.7 Å². The third-order valence-electron chi connectivity index (χ3n) is 3.50. The van der Waals surface area contributed by atoms with Gasteiger partial charge in [-0.2, -0.15) is 0 Å². The molecular weight excluding hydrogens is 220 g/mol. The third-order valence-corrected chi connectivity index (χ3v) is 3.50. The van der Waals surface area contributed by atoms with E-state index in [0.29, 0.717) is 0 Å². The molecule has 1 aromatic rings. The molecule has 1 unspecified atom stereocenters. The summed E-state index contributed by atoms with van der Waals surface area (Å²) in [6.45, 7) is 10.5. The van der Waals surface area contributed by atoms with Gasteiger partial charge in [0.2, 0.25) is 0 Å². The van der Waals surface area contributed by atoms with Crippen molar-refractivity contribution >= 4 is 0 Å². The van der Waals surface area contributed by atoms with Crippen LogP contribution in [0.25, 0.3) is 0 Å². The van der Waals surface area contributed by atoms with Crippen molar-refractivity contribution in [2.24, 2.45) is 0 Å². The van der Waals surface area contributed by atoms with Crippen LogP contribution in [0.15, 0.2) is 52.6 Å². The normalized spacial score (nSPS) is 13.9. The fourth-order valence-electron chi connectivity index (χ4n) is 2.15. The summed E-state index contributed by atoms with van der Waals surface area (Å²) in [6.07, 6.45) is 0.488. The maximum Gasteiger partial charge on any atom is 0.104 e. The molecule has 0 bridgehead atoms. The van der Waals surface area contributed by atoms with Gasteiger partial charge < -0.3 is 5.11 Å². The van der Waals surface area contributed by atoms with E-state index >= 15 is 0 Å². The Balaban J connectivity index is 3.22. The van der Waals surface area contributed by atoms with E-state index in [1.54, 1.807) is 0 Å². The molecule has 0 aliphatic heterocycles. The van der Waals surface area contributed by atoms with Gasteiger partial charge in [-0.15, -0.1) is 0 Å². The molecule has 98 valence electrons. The van der Waals surface area contributed by atoms with Crippen LogP contribution in [0.5, 0.6) is 0 Å². The van der Waals surface area contributed by atoms with Crippen molar-refractivity contribution in [2.45, 2.75) is 47.1 Å². The number of hydrogen-bond donors (Lipinski definition) is 1. The van der Waals surface area contributed by atoms with Crippen LogP contribution in [-0.2, 0) is 0 Å². The molecule has 1 nitrogen and oxygen atoms in total. The summed E-state index contributed by atoms with van der Waals surface area (Å²) >= 11 is 0. The number of allylic oxidation sites excluding steroid dienone is 2. The van der Waals surface area contributed by atoms with Crippen molar-refractivity contribution in [3.05, 3.63) is 58.2 Å². The zero-order chi connectivity index (χ0) is 13.7. The van der Waals surface area contributed by atoms with Crippen LogP contribution in [0.4, 0.5) is 0 Å². The first-order chi connectivity index (χ1) is 8.49. The van der Waals surface area contributed by atoms with Crippen LogP contribution >= 0.6 is 0 Å². The summed E-state index contributed by atoms with van der Waals surface area (Å²) in [5.41, 5.74) is 5.74. The molecule has 1 atom stereocenters. The van der Waals surface area contributed by atoms with Gasteiger partial charge >= 0.3 is 0 Å². The molecule has 0 saturated carbocycles. The number of rotatable bonds is 4. The molecule has 0 spiro atoms. The Labute approximate surface area is 111 Å². The third kappa shape index (κ3) is 3.33. The van der Waals surface area contributed by atoms with Crippen molar-refractivity contribution in [1.29, 1.82) is 0 Å². The highest BCUT2D eigenvalue weighted by Crippen LogP contribution is 2.31. The van der Waals surface area contributed by atoms with E-state index in [2.05, 4.69) is 34.6 Å². The molecule has 1 N–H and O–H groups in total. The maximum atomic E-state index is 10.6. The van der Waals surface area contributed by atoms with Gasteiger partial charge in [0.1, 0.15) is 6.10 Å². The Morgan fingerprint density at radius 1 is 1.06 bits per heavy atom. The van der Waals surface area contributed by atoms with Gasteiger partial charge in [-0.1, -0.05) is 48.4 Å². The average Bonchev–Trinajstić information content (AvgIpc) is 2.38. The molecule has 0 radical (unpaired) electrons. The Hall–Kier alpha value is -1.34. The zero-order valence-electron chi connectivity index (χ0n) is 12.1. The van der Waals surface area contributed by atoms with Gasteiger partial charge in [-0.25, -0.2) is 0 Å². The van der Waals surface area contributed by atoms with Gasteiger partial charge in [0.15, 0.2) is 0 Å². The highest BCUT2D eigenvalue weighted by atomic mass is 16.3. The molecule has 0 heterocycles. The monoisotopic (exact) mass is 244 g/mol. The van der Waals surface area contributed by atoms with Crippen LogP contribution in [-0.4, -0.2) is 5.11 Å². The highest BCUT2D eigenvalue weighted by molar-refractivity contribution is 5.42. The second-order valence-corrected chi connectivity index (χ2v) is 4.99. The smallest absolute Gasteiger partial charge is 0.104 e. The van der Waals surface area contributed by atoms with E-state index in [1.165, 1.54) is 16.7 Å². The number of hydrogen-bond acceptors (Lipinski definition) is 1. The maximum absolute atomic E-state index is 10.6. The number of aliphatic hydroxyl groups excluding tert-OH is 1. The Morgan fingerprint density at radius 3 is 2.06 bits per heavy atom. The molecule has 0 saturated heterocycles. The highest BCUT2D eigenvalue weighted by Gasteiger charge is 2.17. The van der Waals surface area contributed by atoms with Crippen molar-refractivity contribution in [2.75, 3.05) is 0 Å². The molecule has 1 heteroatoms. The molecule has 0 aliphatic rings. The first-order valence-electron chi connectivity index (χ1n) is 6.56. The van der Waals surface area contributed by atoms with Gasteiger partial charge in [0, 0.05) is 0 Å². The number of aliphatic hydroxyl groups is 1. The minimum absolute atomic E-state index is 0.530. The summed E-state index contributed by atoms with van der Waals surface area (Å²) in [5, 5.41) is 10.6. The van der Waals surface area contributed by atoms with Crippen LogP contribution < -0.4 is 0 Å². The lowest BCUT2D eigenvalue weighted by Gasteiger charge is -2.20. The van der Waals surface area contributed by atoms with E-state index < -0.39 is 6.10 Å².